The van der Waals surface area contributed by atoms with E-state index < -0.39 is 9.05 Å². The van der Waals surface area contributed by atoms with Crippen LogP contribution in [0.25, 0.3) is 0 Å². The van der Waals surface area contributed by atoms with Crippen molar-refractivity contribution in [2.75, 3.05) is 12.4 Å². The van der Waals surface area contributed by atoms with Crippen molar-refractivity contribution in [2.45, 2.75) is 41.5 Å². The lowest BCUT2D eigenvalue weighted by Crippen LogP contribution is -2.32. The van der Waals surface area contributed by atoms with Gasteiger partial charge >= 0.3 is 0 Å². The summed E-state index contributed by atoms with van der Waals surface area (Å²) in [5.74, 6) is 0.595. The Morgan fingerprint density at radius 1 is 1.14 bits per heavy atom. The molecule has 3 nitrogen and oxygen atoms in total. The molecule has 120 valence electrons. The molecule has 0 radical (unpaired) electrons. The summed E-state index contributed by atoms with van der Waals surface area (Å²) in [5.41, 5.74) is 3.11. The van der Waals surface area contributed by atoms with Crippen molar-refractivity contribution in [3.8, 4) is 5.75 Å². The Labute approximate surface area is 133 Å². The standard InChI is InChI=1S/C16H25ClO3S/c1-11-7-8-12(2)15(13(11)3)20-9-14(16(4,5)6)10-21(17,18)19/h7-8,14H,9-10H2,1-6H3. The number of hydrogen-bond acceptors (Lipinski definition) is 3. The summed E-state index contributed by atoms with van der Waals surface area (Å²) in [6, 6.07) is 4.07. The van der Waals surface area contributed by atoms with Gasteiger partial charge in [-0.1, -0.05) is 32.9 Å². The van der Waals surface area contributed by atoms with Gasteiger partial charge in [0.1, 0.15) is 5.75 Å². The van der Waals surface area contributed by atoms with Crippen molar-refractivity contribution in [3.05, 3.63) is 28.8 Å². The predicted molar refractivity (Wildman–Crippen MR) is 88.7 cm³/mol. The Morgan fingerprint density at radius 2 is 1.67 bits per heavy atom. The Kier molecular flexibility index (Phi) is 5.73. The van der Waals surface area contributed by atoms with Gasteiger partial charge < -0.3 is 4.74 Å². The van der Waals surface area contributed by atoms with Gasteiger partial charge in [0.25, 0.3) is 0 Å². The largest absolute Gasteiger partial charge is 0.493 e. The molecule has 0 spiro atoms. The molecule has 0 aliphatic heterocycles. The van der Waals surface area contributed by atoms with Crippen molar-refractivity contribution < 1.29 is 13.2 Å². The summed E-state index contributed by atoms with van der Waals surface area (Å²) >= 11 is 0. The first-order valence-corrected chi connectivity index (χ1v) is 9.51. The van der Waals surface area contributed by atoms with Crippen molar-refractivity contribution in [1.82, 2.24) is 0 Å². The molecule has 0 aliphatic rings. The molecule has 0 saturated carbocycles. The van der Waals surface area contributed by atoms with Gasteiger partial charge in [-0.15, -0.1) is 0 Å². The van der Waals surface area contributed by atoms with E-state index in [4.69, 9.17) is 15.4 Å². The van der Waals surface area contributed by atoms with Crippen LogP contribution in [0.5, 0.6) is 5.75 Å². The molecule has 0 aliphatic carbocycles. The average molecular weight is 333 g/mol. The molecular weight excluding hydrogens is 308 g/mol. The lowest BCUT2D eigenvalue weighted by atomic mass is 9.82. The molecule has 0 saturated heterocycles. The highest BCUT2D eigenvalue weighted by Gasteiger charge is 2.30. The molecule has 0 aromatic heterocycles. The Balaban J connectivity index is 2.95. The minimum atomic E-state index is -3.55. The third-order valence-corrected chi connectivity index (χ3v) is 5.11. The molecule has 0 heterocycles. The van der Waals surface area contributed by atoms with Gasteiger partial charge in [-0.05, 0) is 42.9 Å². The smallest absolute Gasteiger partial charge is 0.233 e. The first-order chi connectivity index (χ1) is 9.42. The Morgan fingerprint density at radius 3 is 2.14 bits per heavy atom. The highest BCUT2D eigenvalue weighted by atomic mass is 35.7. The van der Waals surface area contributed by atoms with E-state index in [9.17, 15) is 8.42 Å². The van der Waals surface area contributed by atoms with E-state index in [0.717, 1.165) is 22.4 Å². The number of ether oxygens (including phenoxy) is 1. The monoisotopic (exact) mass is 332 g/mol. The second-order valence-electron chi connectivity index (χ2n) is 6.73. The highest BCUT2D eigenvalue weighted by molar-refractivity contribution is 8.13. The lowest BCUT2D eigenvalue weighted by Gasteiger charge is -2.30. The molecule has 1 aromatic rings. The van der Waals surface area contributed by atoms with Crippen LogP contribution in [0.2, 0.25) is 0 Å². The molecular formula is C16H25ClO3S. The van der Waals surface area contributed by atoms with Crippen LogP contribution in [0.3, 0.4) is 0 Å². The Hall–Kier alpha value is -0.740. The fraction of sp³-hybridized carbons (Fsp3) is 0.625. The number of hydrogen-bond donors (Lipinski definition) is 0. The maximum Gasteiger partial charge on any atom is 0.233 e. The van der Waals surface area contributed by atoms with Crippen molar-refractivity contribution in [1.29, 1.82) is 0 Å². The van der Waals surface area contributed by atoms with Crippen molar-refractivity contribution in [3.63, 3.8) is 0 Å². The van der Waals surface area contributed by atoms with Gasteiger partial charge in [0.05, 0.1) is 12.4 Å². The van der Waals surface area contributed by atoms with E-state index in [2.05, 4.69) is 6.07 Å². The van der Waals surface area contributed by atoms with E-state index >= 15 is 0 Å². The van der Waals surface area contributed by atoms with Gasteiger partial charge in [0.15, 0.2) is 0 Å². The SMILES string of the molecule is Cc1ccc(C)c(OCC(CS(=O)(=O)Cl)C(C)(C)C)c1C. The van der Waals surface area contributed by atoms with Crippen LogP contribution in [0.4, 0.5) is 0 Å². The molecule has 1 unspecified atom stereocenters. The molecule has 1 aromatic carbocycles. The summed E-state index contributed by atoms with van der Waals surface area (Å²) in [7, 11) is 1.87. The lowest BCUT2D eigenvalue weighted by molar-refractivity contribution is 0.162. The number of aryl methyl sites for hydroxylation is 2. The molecule has 0 N–H and O–H groups in total. The van der Waals surface area contributed by atoms with Crippen LogP contribution in [-0.4, -0.2) is 20.8 Å². The fourth-order valence-corrected chi connectivity index (χ4v) is 3.65. The molecule has 1 atom stereocenters. The number of halogens is 1. The maximum atomic E-state index is 11.4. The summed E-state index contributed by atoms with van der Waals surface area (Å²) in [4.78, 5) is 0. The van der Waals surface area contributed by atoms with E-state index in [0.29, 0.717) is 6.61 Å². The highest BCUT2D eigenvalue weighted by Crippen LogP contribution is 2.31. The maximum absolute atomic E-state index is 11.4. The summed E-state index contributed by atoms with van der Waals surface area (Å²) in [5, 5.41) is 0. The first kappa shape index (κ1) is 18.3. The minimum Gasteiger partial charge on any atom is -0.493 e. The van der Waals surface area contributed by atoms with Crippen LogP contribution < -0.4 is 4.74 Å². The molecule has 21 heavy (non-hydrogen) atoms. The third kappa shape index (κ3) is 5.51. The van der Waals surface area contributed by atoms with E-state index in [1.54, 1.807) is 0 Å². The van der Waals surface area contributed by atoms with Crippen molar-refractivity contribution in [2.24, 2.45) is 11.3 Å². The predicted octanol–water partition coefficient (Wildman–Crippen LogP) is 4.22. The zero-order chi connectivity index (χ0) is 16.4. The molecule has 5 heteroatoms. The molecule has 0 amide bonds. The summed E-state index contributed by atoms with van der Waals surface area (Å²) in [6.45, 7) is 12.4. The third-order valence-electron chi connectivity index (χ3n) is 3.93. The quantitative estimate of drug-likeness (QED) is 0.758. The summed E-state index contributed by atoms with van der Waals surface area (Å²) in [6.07, 6.45) is 0. The first-order valence-electron chi connectivity index (χ1n) is 7.03. The van der Waals surface area contributed by atoms with Crippen LogP contribution in [0.1, 0.15) is 37.5 Å². The van der Waals surface area contributed by atoms with Crippen LogP contribution in [0.15, 0.2) is 12.1 Å². The second-order valence-corrected chi connectivity index (χ2v) is 9.55. The van der Waals surface area contributed by atoms with E-state index in [-0.39, 0.29) is 17.1 Å². The van der Waals surface area contributed by atoms with E-state index in [1.807, 2.05) is 47.6 Å². The fourth-order valence-electron chi connectivity index (χ4n) is 2.12. The topological polar surface area (TPSA) is 43.4 Å². The number of benzene rings is 1. The van der Waals surface area contributed by atoms with Gasteiger partial charge in [-0.25, -0.2) is 8.42 Å². The Bertz CT molecular complexity index is 601. The van der Waals surface area contributed by atoms with Gasteiger partial charge in [0, 0.05) is 16.6 Å². The van der Waals surface area contributed by atoms with E-state index in [1.165, 1.54) is 0 Å². The van der Waals surface area contributed by atoms with Gasteiger partial charge in [0.2, 0.25) is 9.05 Å². The van der Waals surface area contributed by atoms with Crippen LogP contribution >= 0.6 is 10.7 Å². The second kappa shape index (κ2) is 6.57. The summed E-state index contributed by atoms with van der Waals surface area (Å²) < 4.78 is 28.8. The van der Waals surface area contributed by atoms with Gasteiger partial charge in [-0.2, -0.15) is 0 Å². The molecule has 1 rings (SSSR count). The van der Waals surface area contributed by atoms with Crippen molar-refractivity contribution >= 4 is 19.7 Å². The zero-order valence-electron chi connectivity index (χ0n) is 13.7. The number of rotatable bonds is 5. The minimum absolute atomic E-state index is 0.0814. The zero-order valence-corrected chi connectivity index (χ0v) is 15.2. The molecule has 0 fully saturated rings. The normalized spacial score (nSPS) is 14.0. The molecule has 0 bridgehead atoms. The van der Waals surface area contributed by atoms with Crippen LogP contribution in [-0.2, 0) is 9.05 Å². The van der Waals surface area contributed by atoms with Crippen LogP contribution in [0, 0.1) is 32.1 Å². The van der Waals surface area contributed by atoms with Gasteiger partial charge in [-0.3, -0.25) is 0 Å². The average Bonchev–Trinajstić information content (AvgIpc) is 2.30.